The zero-order chi connectivity index (χ0) is 18.4. The Morgan fingerprint density at radius 3 is 2.46 bits per heavy atom. The molecule has 0 aliphatic heterocycles. The first-order chi connectivity index (χ1) is 12.7. The molecule has 1 heterocycles. The van der Waals surface area contributed by atoms with Gasteiger partial charge in [0.2, 0.25) is 0 Å². The van der Waals surface area contributed by atoms with Gasteiger partial charge in [-0.15, -0.1) is 0 Å². The molecule has 1 aromatic heterocycles. The molecule has 1 atom stereocenters. The van der Waals surface area contributed by atoms with E-state index in [1.54, 1.807) is 23.2 Å². The third-order valence-electron chi connectivity index (χ3n) is 3.95. The van der Waals surface area contributed by atoms with Crippen LogP contribution in [0, 0.1) is 11.3 Å². The van der Waals surface area contributed by atoms with E-state index >= 15 is 0 Å². The average molecular weight is 342 g/mol. The number of aromatic nitrogens is 2. The Morgan fingerprint density at radius 2 is 1.81 bits per heavy atom. The van der Waals surface area contributed by atoms with Crippen molar-refractivity contribution in [3.63, 3.8) is 0 Å². The van der Waals surface area contributed by atoms with Gasteiger partial charge in [-0.05, 0) is 30.7 Å². The van der Waals surface area contributed by atoms with Crippen LogP contribution in [-0.4, -0.2) is 15.7 Å². The van der Waals surface area contributed by atoms with Crippen molar-refractivity contribution in [2.24, 2.45) is 0 Å². The minimum absolute atomic E-state index is 0.0420. The molecule has 0 aliphatic rings. The second kappa shape index (κ2) is 7.95. The van der Waals surface area contributed by atoms with Crippen LogP contribution >= 0.6 is 0 Å². The molecular formula is C21H18N4O. The van der Waals surface area contributed by atoms with Crippen LogP contribution in [0.25, 0.3) is 11.8 Å². The third kappa shape index (κ3) is 4.05. The van der Waals surface area contributed by atoms with Gasteiger partial charge in [0.05, 0.1) is 17.9 Å². The predicted octanol–water partition coefficient (Wildman–Crippen LogP) is 3.66. The van der Waals surface area contributed by atoms with E-state index in [1.807, 2.05) is 73.7 Å². The lowest BCUT2D eigenvalue weighted by molar-refractivity contribution is -0.117. The lowest BCUT2D eigenvalue weighted by Gasteiger charge is -2.13. The molecule has 0 aliphatic carbocycles. The van der Waals surface area contributed by atoms with Gasteiger partial charge in [-0.25, -0.2) is 4.68 Å². The Morgan fingerprint density at radius 1 is 1.15 bits per heavy atom. The second-order valence-corrected chi connectivity index (χ2v) is 5.83. The highest BCUT2D eigenvalue weighted by atomic mass is 16.1. The Hall–Kier alpha value is -3.65. The maximum absolute atomic E-state index is 12.4. The van der Waals surface area contributed by atoms with Gasteiger partial charge in [0.15, 0.2) is 0 Å². The summed E-state index contributed by atoms with van der Waals surface area (Å²) >= 11 is 0. The maximum Gasteiger partial charge on any atom is 0.262 e. The number of nitrogens with one attached hydrogen (secondary N) is 1. The van der Waals surface area contributed by atoms with Crippen LogP contribution in [0.4, 0.5) is 0 Å². The largest absolute Gasteiger partial charge is 0.345 e. The summed E-state index contributed by atoms with van der Waals surface area (Å²) in [5.74, 6) is -0.406. The first-order valence-corrected chi connectivity index (χ1v) is 8.25. The number of amides is 1. The molecular weight excluding hydrogens is 324 g/mol. The fraction of sp³-hybridized carbons (Fsp3) is 0.0952. The molecule has 1 amide bonds. The number of nitrogens with zero attached hydrogens (tertiary/aromatic N) is 3. The molecule has 0 radical (unpaired) electrons. The normalized spacial score (nSPS) is 12.2. The maximum atomic E-state index is 12.4. The Labute approximate surface area is 152 Å². The molecule has 3 aromatic rings. The molecule has 5 nitrogen and oxygen atoms in total. The summed E-state index contributed by atoms with van der Waals surface area (Å²) in [7, 11) is 0. The van der Waals surface area contributed by atoms with Crippen LogP contribution in [0.3, 0.4) is 0 Å². The number of carbonyl (C=O) groups excluding carboxylic acids is 1. The van der Waals surface area contributed by atoms with Crippen molar-refractivity contribution < 1.29 is 4.79 Å². The number of hydrogen-bond acceptors (Lipinski definition) is 3. The molecule has 0 spiro atoms. The van der Waals surface area contributed by atoms with E-state index < -0.39 is 5.91 Å². The van der Waals surface area contributed by atoms with Crippen molar-refractivity contribution in [2.45, 2.75) is 13.0 Å². The summed E-state index contributed by atoms with van der Waals surface area (Å²) in [4.78, 5) is 12.4. The quantitative estimate of drug-likeness (QED) is 0.568. The fourth-order valence-electron chi connectivity index (χ4n) is 2.55. The van der Waals surface area contributed by atoms with E-state index in [4.69, 9.17) is 0 Å². The molecule has 0 unspecified atom stereocenters. The van der Waals surface area contributed by atoms with Gasteiger partial charge < -0.3 is 5.32 Å². The number of carbonyl (C=O) groups is 1. The Bertz CT molecular complexity index is 952. The third-order valence-corrected chi connectivity index (χ3v) is 3.95. The smallest absolute Gasteiger partial charge is 0.262 e. The second-order valence-electron chi connectivity index (χ2n) is 5.83. The average Bonchev–Trinajstić information content (AvgIpc) is 3.16. The van der Waals surface area contributed by atoms with Crippen LogP contribution in [0.2, 0.25) is 0 Å². The van der Waals surface area contributed by atoms with Gasteiger partial charge in [0.1, 0.15) is 11.6 Å². The zero-order valence-corrected chi connectivity index (χ0v) is 14.3. The van der Waals surface area contributed by atoms with Gasteiger partial charge in [-0.1, -0.05) is 48.5 Å². The molecule has 2 aromatic carbocycles. The summed E-state index contributed by atoms with van der Waals surface area (Å²) in [6.07, 6.45) is 4.94. The molecule has 0 saturated carbocycles. The zero-order valence-electron chi connectivity index (χ0n) is 14.3. The number of hydrogen-bond donors (Lipinski definition) is 1. The highest BCUT2D eigenvalue weighted by Crippen LogP contribution is 2.14. The molecule has 0 saturated heterocycles. The first kappa shape index (κ1) is 17.2. The highest BCUT2D eigenvalue weighted by molar-refractivity contribution is 6.01. The molecule has 26 heavy (non-hydrogen) atoms. The summed E-state index contributed by atoms with van der Waals surface area (Å²) < 4.78 is 1.70. The predicted molar refractivity (Wildman–Crippen MR) is 100 cm³/mol. The fourth-order valence-corrected chi connectivity index (χ4v) is 2.55. The monoisotopic (exact) mass is 342 g/mol. The van der Waals surface area contributed by atoms with E-state index in [9.17, 15) is 10.1 Å². The van der Waals surface area contributed by atoms with Crippen LogP contribution < -0.4 is 5.32 Å². The molecule has 1 N–H and O–H groups in total. The van der Waals surface area contributed by atoms with Gasteiger partial charge in [-0.3, -0.25) is 4.79 Å². The number of nitriles is 1. The molecule has 0 bridgehead atoms. The van der Waals surface area contributed by atoms with E-state index in [0.717, 1.165) is 11.3 Å². The minimum Gasteiger partial charge on any atom is -0.345 e. The van der Waals surface area contributed by atoms with Crippen LogP contribution in [0.15, 0.2) is 78.6 Å². The summed E-state index contributed by atoms with van der Waals surface area (Å²) in [6, 6.07) is 21.0. The van der Waals surface area contributed by atoms with Gasteiger partial charge in [0, 0.05) is 11.8 Å². The van der Waals surface area contributed by atoms with Crippen molar-refractivity contribution in [1.29, 1.82) is 5.26 Å². The molecule has 128 valence electrons. The van der Waals surface area contributed by atoms with Crippen LogP contribution in [0.1, 0.15) is 24.1 Å². The van der Waals surface area contributed by atoms with Crippen molar-refractivity contribution in [1.82, 2.24) is 15.1 Å². The van der Waals surface area contributed by atoms with Crippen LogP contribution in [0.5, 0.6) is 0 Å². The molecule has 3 rings (SSSR count). The summed E-state index contributed by atoms with van der Waals surface area (Å²) in [5.41, 5.74) is 2.62. The van der Waals surface area contributed by atoms with E-state index in [1.165, 1.54) is 0 Å². The lowest BCUT2D eigenvalue weighted by atomic mass is 10.1. The number of benzene rings is 2. The number of rotatable bonds is 5. The minimum atomic E-state index is -0.406. The summed E-state index contributed by atoms with van der Waals surface area (Å²) in [6.45, 7) is 1.88. The topological polar surface area (TPSA) is 70.7 Å². The van der Waals surface area contributed by atoms with E-state index in [-0.39, 0.29) is 11.6 Å². The van der Waals surface area contributed by atoms with E-state index in [0.29, 0.717) is 5.56 Å². The highest BCUT2D eigenvalue weighted by Gasteiger charge is 2.14. The molecule has 5 heteroatoms. The summed E-state index contributed by atoms with van der Waals surface area (Å²) in [5, 5.41) is 16.5. The van der Waals surface area contributed by atoms with E-state index in [2.05, 4.69) is 10.4 Å². The van der Waals surface area contributed by atoms with Gasteiger partial charge >= 0.3 is 0 Å². The SMILES string of the molecule is C[C@@H](NC(=O)/C(C#N)=C/c1cnn(-c2ccccc2)c1)c1ccccc1. The van der Waals surface area contributed by atoms with Crippen molar-refractivity contribution in [3.8, 4) is 11.8 Å². The molecule has 0 fully saturated rings. The van der Waals surface area contributed by atoms with Crippen molar-refractivity contribution in [2.75, 3.05) is 0 Å². The standard InChI is InChI=1S/C21H18N4O/c1-16(18-8-4-2-5-9-18)24-21(26)19(13-22)12-17-14-23-25(15-17)20-10-6-3-7-11-20/h2-12,14-16H,1H3,(H,24,26)/b19-12+/t16-/m1/s1. The van der Waals surface area contributed by atoms with Crippen molar-refractivity contribution >= 4 is 12.0 Å². The first-order valence-electron chi connectivity index (χ1n) is 8.25. The van der Waals surface area contributed by atoms with Crippen LogP contribution in [-0.2, 0) is 4.79 Å². The Balaban J connectivity index is 1.75. The number of para-hydroxylation sites is 1. The van der Waals surface area contributed by atoms with Gasteiger partial charge in [0.25, 0.3) is 5.91 Å². The van der Waals surface area contributed by atoms with Crippen molar-refractivity contribution in [3.05, 3.63) is 89.8 Å². The van der Waals surface area contributed by atoms with Gasteiger partial charge in [-0.2, -0.15) is 10.4 Å². The lowest BCUT2D eigenvalue weighted by Crippen LogP contribution is -2.27. The Kier molecular flexibility index (Phi) is 5.25.